The van der Waals surface area contributed by atoms with Crippen molar-refractivity contribution in [1.29, 1.82) is 0 Å². The summed E-state index contributed by atoms with van der Waals surface area (Å²) >= 11 is 5.06. The minimum absolute atomic E-state index is 0.302. The fourth-order valence-corrected chi connectivity index (χ4v) is 3.11. The van der Waals surface area contributed by atoms with Crippen LogP contribution in [0.15, 0.2) is 15.9 Å². The van der Waals surface area contributed by atoms with Gasteiger partial charge in [0.15, 0.2) is 5.69 Å². The number of carbonyl (C=O) groups excluding carboxylic acids is 1. The Bertz CT molecular complexity index is 564. The highest BCUT2D eigenvalue weighted by atomic mass is 79.9. The molecule has 0 fully saturated rings. The van der Waals surface area contributed by atoms with E-state index in [0.29, 0.717) is 18.7 Å². The van der Waals surface area contributed by atoms with E-state index in [4.69, 9.17) is 0 Å². The maximum Gasteiger partial charge on any atom is 0.360 e. The van der Waals surface area contributed by atoms with Gasteiger partial charge in [-0.05, 0) is 34.5 Å². The smallest absolute Gasteiger partial charge is 0.360 e. The maximum atomic E-state index is 11.5. The molecule has 0 amide bonds. The van der Waals surface area contributed by atoms with Crippen molar-refractivity contribution in [3.63, 3.8) is 0 Å². The van der Waals surface area contributed by atoms with E-state index in [0.717, 1.165) is 14.4 Å². The monoisotopic (exact) mass is 329 g/mol. The Balaban J connectivity index is 2.28. The van der Waals surface area contributed by atoms with Crippen molar-refractivity contribution in [2.24, 2.45) is 0 Å². The van der Waals surface area contributed by atoms with E-state index in [1.165, 1.54) is 7.11 Å². The molecule has 0 bridgehead atoms. The second kappa shape index (κ2) is 5.62. The Morgan fingerprint density at radius 2 is 2.33 bits per heavy atom. The highest BCUT2D eigenvalue weighted by Gasteiger charge is 2.19. The number of thiophene rings is 1. The molecule has 0 saturated heterocycles. The molecule has 0 unspecified atom stereocenters. The predicted molar refractivity (Wildman–Crippen MR) is 71.9 cm³/mol. The number of methoxy groups -OCH3 is 1. The first-order valence-corrected chi connectivity index (χ1v) is 7.01. The topological polar surface area (TPSA) is 57.0 Å². The van der Waals surface area contributed by atoms with Crippen molar-refractivity contribution in [3.8, 4) is 0 Å². The summed E-state index contributed by atoms with van der Waals surface area (Å²) in [6, 6.07) is 4.01. The van der Waals surface area contributed by atoms with Gasteiger partial charge in [-0.25, -0.2) is 9.48 Å². The van der Waals surface area contributed by atoms with Crippen LogP contribution < -0.4 is 0 Å². The molecule has 2 aromatic heterocycles. The van der Waals surface area contributed by atoms with Crippen LogP contribution in [0.3, 0.4) is 0 Å². The Labute approximate surface area is 117 Å². The molecular formula is C11H12BrN3O2S. The molecule has 0 saturated carbocycles. The van der Waals surface area contributed by atoms with E-state index in [-0.39, 0.29) is 0 Å². The third-order valence-electron chi connectivity index (χ3n) is 2.49. The standard InChI is InChI=1S/C11H12BrN3O2S/c1-3-8-10(11(16)17-2)13-14-15(8)6-7-4-5-9(12)18-7/h4-5H,3,6H2,1-2H3. The first-order valence-electron chi connectivity index (χ1n) is 5.40. The summed E-state index contributed by atoms with van der Waals surface area (Å²) in [6.07, 6.45) is 0.685. The maximum absolute atomic E-state index is 11.5. The van der Waals surface area contributed by atoms with Gasteiger partial charge in [-0.3, -0.25) is 0 Å². The first-order chi connectivity index (χ1) is 8.65. The van der Waals surface area contributed by atoms with Crippen molar-refractivity contribution >= 4 is 33.2 Å². The highest BCUT2D eigenvalue weighted by Crippen LogP contribution is 2.23. The van der Waals surface area contributed by atoms with Gasteiger partial charge in [0.2, 0.25) is 0 Å². The minimum atomic E-state index is -0.439. The van der Waals surface area contributed by atoms with Crippen LogP contribution in [0.5, 0.6) is 0 Å². The van der Waals surface area contributed by atoms with Crippen LogP contribution in [-0.2, 0) is 17.7 Å². The number of carbonyl (C=O) groups is 1. The van der Waals surface area contributed by atoms with Crippen molar-refractivity contribution in [1.82, 2.24) is 15.0 Å². The van der Waals surface area contributed by atoms with Crippen LogP contribution in [0.2, 0.25) is 0 Å². The zero-order valence-electron chi connectivity index (χ0n) is 10.0. The minimum Gasteiger partial charge on any atom is -0.464 e. The lowest BCUT2D eigenvalue weighted by Crippen LogP contribution is -2.09. The second-order valence-corrected chi connectivity index (χ2v) is 6.14. The van der Waals surface area contributed by atoms with E-state index >= 15 is 0 Å². The molecule has 96 valence electrons. The van der Waals surface area contributed by atoms with Gasteiger partial charge in [-0.15, -0.1) is 16.4 Å². The van der Waals surface area contributed by atoms with Crippen molar-refractivity contribution in [2.45, 2.75) is 19.9 Å². The van der Waals surface area contributed by atoms with Gasteiger partial charge in [-0.1, -0.05) is 12.1 Å². The van der Waals surface area contributed by atoms with Crippen LogP contribution in [0.4, 0.5) is 0 Å². The molecule has 0 aromatic carbocycles. The number of hydrogen-bond donors (Lipinski definition) is 0. The molecule has 2 aromatic rings. The lowest BCUT2D eigenvalue weighted by molar-refractivity contribution is 0.0592. The summed E-state index contributed by atoms with van der Waals surface area (Å²) in [4.78, 5) is 12.7. The van der Waals surface area contributed by atoms with Crippen molar-refractivity contribution in [3.05, 3.63) is 32.2 Å². The molecule has 5 nitrogen and oxygen atoms in total. The highest BCUT2D eigenvalue weighted by molar-refractivity contribution is 9.11. The van der Waals surface area contributed by atoms with E-state index < -0.39 is 5.97 Å². The van der Waals surface area contributed by atoms with Gasteiger partial charge in [0, 0.05) is 4.88 Å². The summed E-state index contributed by atoms with van der Waals surface area (Å²) in [5.41, 5.74) is 1.10. The first kappa shape index (κ1) is 13.2. The molecule has 18 heavy (non-hydrogen) atoms. The molecule has 0 radical (unpaired) electrons. The van der Waals surface area contributed by atoms with Crippen LogP contribution in [-0.4, -0.2) is 28.1 Å². The van der Waals surface area contributed by atoms with E-state index in [2.05, 4.69) is 31.0 Å². The molecule has 0 N–H and O–H groups in total. The SMILES string of the molecule is CCc1c(C(=O)OC)nnn1Cc1ccc(Br)s1. The fraction of sp³-hybridized carbons (Fsp3) is 0.364. The molecule has 0 aliphatic carbocycles. The third-order valence-corrected chi connectivity index (χ3v) is 4.09. The molecule has 7 heteroatoms. The zero-order valence-corrected chi connectivity index (χ0v) is 12.4. The van der Waals surface area contributed by atoms with Crippen LogP contribution in [0, 0.1) is 0 Å². The molecule has 2 rings (SSSR count). The third kappa shape index (κ3) is 2.62. The Morgan fingerprint density at radius 3 is 2.89 bits per heavy atom. The number of hydrogen-bond acceptors (Lipinski definition) is 5. The molecule has 2 heterocycles. The van der Waals surface area contributed by atoms with Gasteiger partial charge < -0.3 is 4.74 Å². The van der Waals surface area contributed by atoms with Crippen molar-refractivity contribution in [2.75, 3.05) is 7.11 Å². The number of esters is 1. The molecule has 0 atom stereocenters. The van der Waals surface area contributed by atoms with Gasteiger partial charge in [0.1, 0.15) is 0 Å². The molecule has 0 spiro atoms. The fourth-order valence-electron chi connectivity index (χ4n) is 1.65. The van der Waals surface area contributed by atoms with Gasteiger partial charge in [0.25, 0.3) is 0 Å². The predicted octanol–water partition coefficient (Wildman–Crippen LogP) is 2.50. The van der Waals surface area contributed by atoms with Gasteiger partial charge in [0.05, 0.1) is 23.1 Å². The Morgan fingerprint density at radius 1 is 1.56 bits per heavy atom. The lowest BCUT2D eigenvalue weighted by atomic mass is 10.2. The average molecular weight is 330 g/mol. The van der Waals surface area contributed by atoms with Gasteiger partial charge >= 0.3 is 5.97 Å². The average Bonchev–Trinajstić information content (AvgIpc) is 2.95. The Hall–Kier alpha value is -1.21. The van der Waals surface area contributed by atoms with Gasteiger partial charge in [-0.2, -0.15) is 0 Å². The summed E-state index contributed by atoms with van der Waals surface area (Å²) in [7, 11) is 1.34. The summed E-state index contributed by atoms with van der Waals surface area (Å²) < 4.78 is 7.50. The largest absolute Gasteiger partial charge is 0.464 e. The molecule has 0 aliphatic rings. The quantitative estimate of drug-likeness (QED) is 0.808. The van der Waals surface area contributed by atoms with E-state index in [1.807, 2.05) is 19.1 Å². The summed E-state index contributed by atoms with van der Waals surface area (Å²) in [6.45, 7) is 2.58. The molecule has 0 aliphatic heterocycles. The van der Waals surface area contributed by atoms with Crippen molar-refractivity contribution < 1.29 is 9.53 Å². The second-order valence-electron chi connectivity index (χ2n) is 3.59. The number of ether oxygens (including phenoxy) is 1. The number of halogens is 1. The normalized spacial score (nSPS) is 10.6. The van der Waals surface area contributed by atoms with E-state index in [9.17, 15) is 4.79 Å². The number of nitrogens with zero attached hydrogens (tertiary/aromatic N) is 3. The van der Waals surface area contributed by atoms with Crippen LogP contribution in [0.1, 0.15) is 28.0 Å². The van der Waals surface area contributed by atoms with E-state index in [1.54, 1.807) is 16.0 Å². The summed E-state index contributed by atoms with van der Waals surface area (Å²) in [5, 5.41) is 7.91. The Kier molecular flexibility index (Phi) is 4.13. The number of rotatable bonds is 4. The summed E-state index contributed by atoms with van der Waals surface area (Å²) in [5.74, 6) is -0.439. The number of aromatic nitrogens is 3. The lowest BCUT2D eigenvalue weighted by Gasteiger charge is -2.03. The van der Waals surface area contributed by atoms with Crippen LogP contribution in [0.25, 0.3) is 0 Å². The van der Waals surface area contributed by atoms with Crippen LogP contribution >= 0.6 is 27.3 Å². The zero-order chi connectivity index (χ0) is 13.1. The molecular weight excluding hydrogens is 318 g/mol.